The highest BCUT2D eigenvalue weighted by Crippen LogP contribution is 2.41. The maximum atomic E-state index is 10.4. The first-order valence-electron chi connectivity index (χ1n) is 13.5. The zero-order valence-corrected chi connectivity index (χ0v) is 22.6. The Balaban J connectivity index is 1.39. The van der Waals surface area contributed by atoms with Gasteiger partial charge < -0.3 is 19.3 Å². The molecule has 0 spiro atoms. The van der Waals surface area contributed by atoms with E-state index in [-0.39, 0.29) is 0 Å². The number of benzene rings is 4. The van der Waals surface area contributed by atoms with Gasteiger partial charge in [-0.3, -0.25) is 4.90 Å². The van der Waals surface area contributed by atoms with Crippen LogP contribution in [-0.2, 0) is 5.60 Å². The van der Waals surface area contributed by atoms with Crippen molar-refractivity contribution in [3.63, 3.8) is 0 Å². The summed E-state index contributed by atoms with van der Waals surface area (Å²) >= 11 is 0. The molecule has 0 saturated carbocycles. The molecule has 0 bridgehead atoms. The van der Waals surface area contributed by atoms with Crippen LogP contribution >= 0.6 is 0 Å². The van der Waals surface area contributed by atoms with Gasteiger partial charge in [-0.2, -0.15) is 0 Å². The molecule has 1 fully saturated rings. The highest BCUT2D eigenvalue weighted by molar-refractivity contribution is 5.96. The van der Waals surface area contributed by atoms with Crippen LogP contribution in [0.2, 0.25) is 0 Å². The van der Waals surface area contributed by atoms with Gasteiger partial charge in [-0.25, -0.2) is 0 Å². The van der Waals surface area contributed by atoms with E-state index < -0.39 is 5.60 Å². The Morgan fingerprint density at radius 3 is 2.16 bits per heavy atom. The van der Waals surface area contributed by atoms with Gasteiger partial charge >= 0.3 is 0 Å². The number of likely N-dealkylation sites (tertiary alicyclic amines) is 1. The van der Waals surface area contributed by atoms with Gasteiger partial charge in [0.1, 0.15) is 29.6 Å². The number of hydrogen-bond acceptors (Lipinski definition) is 5. The van der Waals surface area contributed by atoms with Gasteiger partial charge in [0.15, 0.2) is 0 Å². The number of hydrogen-bond donors (Lipinski definition) is 1. The van der Waals surface area contributed by atoms with E-state index >= 15 is 0 Å². The third kappa shape index (κ3) is 6.12. The predicted octanol–water partition coefficient (Wildman–Crippen LogP) is 7.40. The van der Waals surface area contributed by atoms with E-state index in [2.05, 4.69) is 17.0 Å². The number of nitrogens with zero attached hydrogens (tertiary/aromatic N) is 1. The van der Waals surface area contributed by atoms with Crippen LogP contribution in [0.5, 0.6) is 23.0 Å². The first kappa shape index (κ1) is 26.1. The Morgan fingerprint density at radius 2 is 1.47 bits per heavy atom. The summed E-state index contributed by atoms with van der Waals surface area (Å²) in [4.78, 5) is 2.48. The Kier molecular flexibility index (Phi) is 7.87. The lowest BCUT2D eigenvalue weighted by molar-refractivity contribution is 0.0786. The molecule has 4 aromatic carbocycles. The van der Waals surface area contributed by atoms with Crippen LogP contribution in [0.15, 0.2) is 78.9 Å². The minimum absolute atomic E-state index is 0.691. The number of aliphatic hydroxyl groups is 1. The summed E-state index contributed by atoms with van der Waals surface area (Å²) in [5, 5.41) is 12.4. The molecule has 1 N–H and O–H groups in total. The van der Waals surface area contributed by atoms with Crippen molar-refractivity contribution in [2.75, 3.05) is 33.4 Å². The van der Waals surface area contributed by atoms with Crippen molar-refractivity contribution < 1.29 is 19.3 Å². The predicted molar refractivity (Wildman–Crippen MR) is 153 cm³/mol. The molecule has 0 amide bonds. The van der Waals surface area contributed by atoms with Crippen molar-refractivity contribution in [3.8, 4) is 34.1 Å². The molecule has 1 heterocycles. The molecule has 5 rings (SSSR count). The molecular formula is C33H37NO4. The van der Waals surface area contributed by atoms with Crippen molar-refractivity contribution in [3.05, 3.63) is 84.4 Å². The standard InChI is InChI=1S/C33H37NO4/c1-33(2,35)26-10-7-24(8-11-26)30-17-9-25-23-29(36-3)16-18-31(25)32(30)38-28-14-12-27(13-15-28)37-22-21-34-19-5-4-6-20-34/h7-18,23,35H,4-6,19-22H2,1-3H3. The summed E-state index contributed by atoms with van der Waals surface area (Å²) in [5.41, 5.74) is 1.97. The molecule has 1 saturated heterocycles. The van der Waals surface area contributed by atoms with E-state index in [1.54, 1.807) is 21.0 Å². The summed E-state index contributed by atoms with van der Waals surface area (Å²) in [6.07, 6.45) is 3.92. The van der Waals surface area contributed by atoms with E-state index in [9.17, 15) is 5.11 Å². The molecule has 0 unspecified atom stereocenters. The first-order chi connectivity index (χ1) is 18.4. The molecule has 1 aliphatic heterocycles. The van der Waals surface area contributed by atoms with Gasteiger partial charge in [-0.1, -0.05) is 36.8 Å². The van der Waals surface area contributed by atoms with Crippen molar-refractivity contribution >= 4 is 10.8 Å². The van der Waals surface area contributed by atoms with Crippen molar-refractivity contribution in [1.29, 1.82) is 0 Å². The SMILES string of the molecule is COc1ccc2c(Oc3ccc(OCCN4CCCCC4)cc3)c(-c3ccc(C(C)(C)O)cc3)ccc2c1. The number of fused-ring (bicyclic) bond motifs is 1. The monoisotopic (exact) mass is 511 g/mol. The Bertz CT molecular complexity index is 1350. The van der Waals surface area contributed by atoms with Gasteiger partial charge in [0.25, 0.3) is 0 Å². The fourth-order valence-electron chi connectivity index (χ4n) is 5.00. The lowest BCUT2D eigenvalue weighted by Gasteiger charge is -2.26. The van der Waals surface area contributed by atoms with Crippen molar-refractivity contribution in [2.45, 2.75) is 38.7 Å². The maximum absolute atomic E-state index is 10.4. The molecule has 198 valence electrons. The molecule has 5 nitrogen and oxygen atoms in total. The molecule has 1 aliphatic rings. The van der Waals surface area contributed by atoms with Crippen molar-refractivity contribution in [2.24, 2.45) is 0 Å². The molecule has 0 radical (unpaired) electrons. The van der Waals surface area contributed by atoms with Gasteiger partial charge in [-0.05, 0) is 105 Å². The Morgan fingerprint density at radius 1 is 0.789 bits per heavy atom. The zero-order chi connectivity index (χ0) is 26.5. The van der Waals surface area contributed by atoms with Crippen LogP contribution in [0, 0.1) is 0 Å². The molecule has 0 aliphatic carbocycles. The lowest BCUT2D eigenvalue weighted by Crippen LogP contribution is -2.33. The van der Waals surface area contributed by atoms with Gasteiger partial charge in [0.2, 0.25) is 0 Å². The fraction of sp³-hybridized carbons (Fsp3) is 0.333. The molecule has 38 heavy (non-hydrogen) atoms. The summed E-state index contributed by atoms with van der Waals surface area (Å²) in [5.74, 6) is 3.17. The second kappa shape index (κ2) is 11.5. The number of ether oxygens (including phenoxy) is 3. The van der Waals surface area contributed by atoms with E-state index in [0.29, 0.717) is 6.61 Å². The normalized spacial score (nSPS) is 14.4. The van der Waals surface area contributed by atoms with Gasteiger partial charge in [-0.15, -0.1) is 0 Å². The van der Waals surface area contributed by atoms with Crippen molar-refractivity contribution in [1.82, 2.24) is 4.90 Å². The molecule has 0 aromatic heterocycles. The van der Waals surface area contributed by atoms with Gasteiger partial charge in [0, 0.05) is 17.5 Å². The Hall–Kier alpha value is -3.54. The fourth-order valence-corrected chi connectivity index (χ4v) is 5.00. The quantitative estimate of drug-likeness (QED) is 0.254. The van der Waals surface area contributed by atoms with Crippen LogP contribution in [-0.4, -0.2) is 43.4 Å². The van der Waals surface area contributed by atoms with Crippen LogP contribution in [0.1, 0.15) is 38.7 Å². The highest BCUT2D eigenvalue weighted by atomic mass is 16.5. The first-order valence-corrected chi connectivity index (χ1v) is 13.5. The number of piperidine rings is 1. The van der Waals surface area contributed by atoms with E-state index in [1.807, 2.05) is 66.7 Å². The number of rotatable bonds is 9. The summed E-state index contributed by atoms with van der Waals surface area (Å²) in [6.45, 7) is 7.59. The van der Waals surface area contributed by atoms with E-state index in [4.69, 9.17) is 14.2 Å². The molecule has 4 aromatic rings. The van der Waals surface area contributed by atoms with Crippen LogP contribution in [0.4, 0.5) is 0 Å². The third-order valence-corrected chi connectivity index (χ3v) is 7.25. The topological polar surface area (TPSA) is 51.2 Å². The summed E-state index contributed by atoms with van der Waals surface area (Å²) in [7, 11) is 1.67. The highest BCUT2D eigenvalue weighted by Gasteiger charge is 2.18. The second-order valence-corrected chi connectivity index (χ2v) is 10.5. The molecule has 5 heteroatoms. The van der Waals surface area contributed by atoms with E-state index in [1.165, 1.54) is 32.4 Å². The third-order valence-electron chi connectivity index (χ3n) is 7.25. The average Bonchev–Trinajstić information content (AvgIpc) is 2.94. The lowest BCUT2D eigenvalue weighted by atomic mass is 9.94. The summed E-state index contributed by atoms with van der Waals surface area (Å²) in [6, 6.07) is 26.0. The second-order valence-electron chi connectivity index (χ2n) is 10.5. The Labute approximate surface area is 225 Å². The van der Waals surface area contributed by atoms with E-state index in [0.717, 1.165) is 57.0 Å². The van der Waals surface area contributed by atoms with Crippen LogP contribution in [0.3, 0.4) is 0 Å². The minimum atomic E-state index is -0.893. The average molecular weight is 512 g/mol. The molecular weight excluding hydrogens is 474 g/mol. The van der Waals surface area contributed by atoms with Crippen LogP contribution in [0.25, 0.3) is 21.9 Å². The smallest absolute Gasteiger partial charge is 0.143 e. The summed E-state index contributed by atoms with van der Waals surface area (Å²) < 4.78 is 18.0. The minimum Gasteiger partial charge on any atom is -0.497 e. The zero-order valence-electron chi connectivity index (χ0n) is 22.6. The largest absolute Gasteiger partial charge is 0.497 e. The van der Waals surface area contributed by atoms with Crippen LogP contribution < -0.4 is 14.2 Å². The maximum Gasteiger partial charge on any atom is 0.143 e. The van der Waals surface area contributed by atoms with Gasteiger partial charge in [0.05, 0.1) is 12.7 Å². The molecule has 0 atom stereocenters. The number of methoxy groups -OCH3 is 1.